The van der Waals surface area contributed by atoms with Crippen molar-refractivity contribution in [3.05, 3.63) is 59.3 Å². The molecule has 1 aliphatic rings. The van der Waals surface area contributed by atoms with Crippen LogP contribution in [-0.2, 0) is 16.0 Å². The molecule has 2 aromatic heterocycles. The first kappa shape index (κ1) is 23.9. The minimum absolute atomic E-state index is 0.0668. The van der Waals surface area contributed by atoms with Crippen LogP contribution in [0.1, 0.15) is 21.8 Å². The molecule has 3 atom stereocenters. The Labute approximate surface area is 194 Å². The SMILES string of the molecule is C=CCNC(=O)N[C@@H]1CCN(C(=O)c2cnccn2)[C@@H]1C(=O)N[C@@H](Cc1cccs1)C(N)=O. The monoisotopic (exact) mass is 471 g/mol. The highest BCUT2D eigenvalue weighted by molar-refractivity contribution is 7.09. The first-order valence-corrected chi connectivity index (χ1v) is 11.1. The summed E-state index contributed by atoms with van der Waals surface area (Å²) in [5.74, 6) is -1.80. The summed E-state index contributed by atoms with van der Waals surface area (Å²) >= 11 is 1.44. The number of aromatic nitrogens is 2. The molecule has 1 aliphatic heterocycles. The van der Waals surface area contributed by atoms with Gasteiger partial charge < -0.3 is 26.6 Å². The summed E-state index contributed by atoms with van der Waals surface area (Å²) in [5.41, 5.74) is 5.59. The highest BCUT2D eigenvalue weighted by Crippen LogP contribution is 2.21. The van der Waals surface area contributed by atoms with Crippen molar-refractivity contribution in [2.24, 2.45) is 5.73 Å². The second kappa shape index (κ2) is 11.2. The van der Waals surface area contributed by atoms with Gasteiger partial charge in [-0.15, -0.1) is 17.9 Å². The Hall–Kier alpha value is -3.80. The number of carbonyl (C=O) groups excluding carboxylic acids is 4. The molecule has 0 saturated carbocycles. The molecule has 1 fully saturated rings. The highest BCUT2D eigenvalue weighted by atomic mass is 32.1. The van der Waals surface area contributed by atoms with Gasteiger partial charge in [0, 0.05) is 36.8 Å². The lowest BCUT2D eigenvalue weighted by Gasteiger charge is -2.29. The standard InChI is InChI=1S/C21H25N7O4S/c1-2-6-25-21(32)27-14-5-9-28(20(31)16-12-23-7-8-24-16)17(14)19(30)26-15(18(22)29)11-13-4-3-10-33-13/h2-4,7-8,10,12,14-15,17H,1,5-6,9,11H2,(H2,22,29)(H,26,30)(H2,25,27,32)/t14-,15+,17+/m1/s1. The van der Waals surface area contributed by atoms with Crippen molar-refractivity contribution in [3.8, 4) is 0 Å². The molecule has 174 valence electrons. The van der Waals surface area contributed by atoms with E-state index in [4.69, 9.17) is 5.73 Å². The van der Waals surface area contributed by atoms with Gasteiger partial charge in [0.15, 0.2) is 0 Å². The van der Waals surface area contributed by atoms with Gasteiger partial charge in [0.25, 0.3) is 5.91 Å². The van der Waals surface area contributed by atoms with Crippen molar-refractivity contribution < 1.29 is 19.2 Å². The molecule has 3 heterocycles. The summed E-state index contributed by atoms with van der Waals surface area (Å²) in [5, 5.41) is 9.82. The van der Waals surface area contributed by atoms with E-state index in [0.29, 0.717) is 6.42 Å². The van der Waals surface area contributed by atoms with Crippen molar-refractivity contribution in [1.29, 1.82) is 0 Å². The molecule has 5 N–H and O–H groups in total. The Morgan fingerprint density at radius 1 is 1.33 bits per heavy atom. The number of primary amides is 1. The number of urea groups is 1. The largest absolute Gasteiger partial charge is 0.368 e. The lowest BCUT2D eigenvalue weighted by atomic mass is 10.1. The molecule has 33 heavy (non-hydrogen) atoms. The summed E-state index contributed by atoms with van der Waals surface area (Å²) in [4.78, 5) is 60.7. The Kier molecular flexibility index (Phi) is 8.08. The van der Waals surface area contributed by atoms with Crippen molar-refractivity contribution in [3.63, 3.8) is 0 Å². The molecule has 5 amide bonds. The number of thiophene rings is 1. The van der Waals surface area contributed by atoms with E-state index in [1.165, 1.54) is 40.9 Å². The maximum absolute atomic E-state index is 13.3. The number of nitrogens with zero attached hydrogens (tertiary/aromatic N) is 3. The van der Waals surface area contributed by atoms with Crippen LogP contribution in [-0.4, -0.2) is 69.8 Å². The van der Waals surface area contributed by atoms with E-state index < -0.39 is 41.9 Å². The lowest BCUT2D eigenvalue weighted by Crippen LogP contribution is -2.59. The maximum atomic E-state index is 13.3. The Morgan fingerprint density at radius 3 is 2.79 bits per heavy atom. The average molecular weight is 472 g/mol. The molecule has 2 aromatic rings. The molecule has 0 aromatic carbocycles. The van der Waals surface area contributed by atoms with Crippen LogP contribution in [0.25, 0.3) is 0 Å². The average Bonchev–Trinajstić information content (AvgIpc) is 3.47. The second-order valence-corrected chi connectivity index (χ2v) is 8.35. The van der Waals surface area contributed by atoms with Crippen molar-refractivity contribution in [1.82, 2.24) is 30.8 Å². The Bertz CT molecular complexity index is 999. The molecular weight excluding hydrogens is 446 g/mol. The number of carbonyl (C=O) groups is 4. The van der Waals surface area contributed by atoms with E-state index in [0.717, 1.165) is 4.88 Å². The highest BCUT2D eigenvalue weighted by Gasteiger charge is 2.44. The number of likely N-dealkylation sites (tertiary alicyclic amines) is 1. The topological polar surface area (TPSA) is 159 Å². The normalized spacial score (nSPS) is 18.2. The zero-order valence-corrected chi connectivity index (χ0v) is 18.6. The van der Waals surface area contributed by atoms with Crippen molar-refractivity contribution >= 4 is 35.1 Å². The van der Waals surface area contributed by atoms with Crippen LogP contribution in [0.3, 0.4) is 0 Å². The Morgan fingerprint density at radius 2 is 2.15 bits per heavy atom. The zero-order chi connectivity index (χ0) is 23.8. The van der Waals surface area contributed by atoms with Gasteiger partial charge in [0.05, 0.1) is 12.2 Å². The fourth-order valence-electron chi connectivity index (χ4n) is 3.55. The molecule has 3 rings (SSSR count). The fourth-order valence-corrected chi connectivity index (χ4v) is 4.30. The number of hydrogen-bond acceptors (Lipinski definition) is 7. The lowest BCUT2D eigenvalue weighted by molar-refractivity contribution is -0.130. The van der Waals surface area contributed by atoms with Gasteiger partial charge in [0.1, 0.15) is 17.8 Å². The second-order valence-electron chi connectivity index (χ2n) is 7.32. The van der Waals surface area contributed by atoms with Crippen LogP contribution in [0.5, 0.6) is 0 Å². The van der Waals surface area contributed by atoms with E-state index in [-0.39, 0.29) is 25.2 Å². The maximum Gasteiger partial charge on any atom is 0.315 e. The van der Waals surface area contributed by atoms with Crippen LogP contribution in [0, 0.1) is 0 Å². The summed E-state index contributed by atoms with van der Waals surface area (Å²) in [6.45, 7) is 3.98. The number of rotatable bonds is 9. The van der Waals surface area contributed by atoms with Gasteiger partial charge in [-0.2, -0.15) is 0 Å². The number of nitrogens with two attached hydrogens (primary N) is 1. The molecule has 0 spiro atoms. The van der Waals surface area contributed by atoms with E-state index in [9.17, 15) is 19.2 Å². The van der Waals surface area contributed by atoms with Crippen LogP contribution in [0.2, 0.25) is 0 Å². The molecule has 0 unspecified atom stereocenters. The fraction of sp³-hybridized carbons (Fsp3) is 0.333. The predicted molar refractivity (Wildman–Crippen MR) is 121 cm³/mol. The third-order valence-electron chi connectivity index (χ3n) is 5.08. The summed E-state index contributed by atoms with van der Waals surface area (Å²) in [6, 6.07) is 0.433. The Balaban J connectivity index is 1.81. The van der Waals surface area contributed by atoms with Crippen LogP contribution < -0.4 is 21.7 Å². The number of hydrogen-bond donors (Lipinski definition) is 4. The smallest absolute Gasteiger partial charge is 0.315 e. The first-order chi connectivity index (χ1) is 15.9. The predicted octanol–water partition coefficient (Wildman–Crippen LogP) is -0.181. The van der Waals surface area contributed by atoms with E-state index in [2.05, 4.69) is 32.5 Å². The van der Waals surface area contributed by atoms with Crippen LogP contribution in [0.15, 0.2) is 48.8 Å². The molecule has 11 nitrogen and oxygen atoms in total. The molecule has 0 bridgehead atoms. The summed E-state index contributed by atoms with van der Waals surface area (Å²) < 4.78 is 0. The minimum Gasteiger partial charge on any atom is -0.368 e. The molecule has 0 radical (unpaired) electrons. The first-order valence-electron chi connectivity index (χ1n) is 10.2. The van der Waals surface area contributed by atoms with Crippen molar-refractivity contribution in [2.45, 2.75) is 31.0 Å². The van der Waals surface area contributed by atoms with Gasteiger partial charge in [-0.25, -0.2) is 9.78 Å². The quantitative estimate of drug-likeness (QED) is 0.371. The van der Waals surface area contributed by atoms with E-state index in [1.54, 1.807) is 0 Å². The van der Waals surface area contributed by atoms with E-state index >= 15 is 0 Å². The summed E-state index contributed by atoms with van der Waals surface area (Å²) in [6.07, 6.45) is 6.18. The molecule has 12 heteroatoms. The third kappa shape index (κ3) is 6.13. The molecule has 0 aliphatic carbocycles. The van der Waals surface area contributed by atoms with E-state index in [1.807, 2.05) is 17.5 Å². The van der Waals surface area contributed by atoms with Gasteiger partial charge >= 0.3 is 6.03 Å². The van der Waals surface area contributed by atoms with Gasteiger partial charge in [-0.05, 0) is 17.9 Å². The zero-order valence-electron chi connectivity index (χ0n) is 17.8. The summed E-state index contributed by atoms with van der Waals surface area (Å²) in [7, 11) is 0. The molecule has 1 saturated heterocycles. The van der Waals surface area contributed by atoms with Crippen LogP contribution in [0.4, 0.5) is 4.79 Å². The van der Waals surface area contributed by atoms with Gasteiger partial charge in [0.2, 0.25) is 11.8 Å². The van der Waals surface area contributed by atoms with Crippen molar-refractivity contribution in [2.75, 3.05) is 13.1 Å². The minimum atomic E-state index is -1.07. The number of amides is 5. The number of nitrogens with one attached hydrogen (secondary N) is 3. The van der Waals surface area contributed by atoms with Gasteiger partial charge in [-0.1, -0.05) is 12.1 Å². The van der Waals surface area contributed by atoms with Gasteiger partial charge in [-0.3, -0.25) is 19.4 Å². The molecular formula is C21H25N7O4S. The third-order valence-corrected chi connectivity index (χ3v) is 5.98. The van der Waals surface area contributed by atoms with Crippen LogP contribution >= 0.6 is 11.3 Å².